The van der Waals surface area contributed by atoms with Crippen molar-refractivity contribution in [3.63, 3.8) is 0 Å². The third-order valence-electron chi connectivity index (χ3n) is 3.38. The standard InChI is InChI=1S/C18H16ClN3O2/c1-23-21-18(22-10-9-20-13-22)17-8-3-2-5-14(17)12-24-16-7-4-6-15(19)11-16/h2-11,13H,12H2,1H3. The largest absolute Gasteiger partial charge is 0.489 e. The molecule has 0 fully saturated rings. The smallest absolute Gasteiger partial charge is 0.185 e. The van der Waals surface area contributed by atoms with Crippen LogP contribution in [-0.4, -0.2) is 22.5 Å². The van der Waals surface area contributed by atoms with Gasteiger partial charge in [-0.2, -0.15) is 0 Å². The molecule has 0 bridgehead atoms. The predicted molar refractivity (Wildman–Crippen MR) is 93.4 cm³/mol. The van der Waals surface area contributed by atoms with Crippen molar-refractivity contribution in [2.24, 2.45) is 5.16 Å². The summed E-state index contributed by atoms with van der Waals surface area (Å²) in [6.07, 6.45) is 5.18. The fourth-order valence-electron chi connectivity index (χ4n) is 2.29. The molecule has 6 heteroatoms. The van der Waals surface area contributed by atoms with Crippen LogP contribution in [0.1, 0.15) is 11.1 Å². The van der Waals surface area contributed by atoms with E-state index in [1.165, 1.54) is 7.11 Å². The average Bonchev–Trinajstić information content (AvgIpc) is 3.13. The van der Waals surface area contributed by atoms with E-state index < -0.39 is 0 Å². The van der Waals surface area contributed by atoms with E-state index in [1.54, 1.807) is 23.2 Å². The zero-order valence-corrected chi connectivity index (χ0v) is 13.8. The van der Waals surface area contributed by atoms with E-state index in [-0.39, 0.29) is 0 Å². The number of hydrogen-bond acceptors (Lipinski definition) is 4. The number of imidazole rings is 1. The summed E-state index contributed by atoms with van der Waals surface area (Å²) >= 11 is 5.99. The Bertz CT molecular complexity index is 832. The van der Waals surface area contributed by atoms with Crippen LogP contribution >= 0.6 is 11.6 Å². The molecule has 1 aromatic heterocycles. The maximum Gasteiger partial charge on any atom is 0.185 e. The molecule has 24 heavy (non-hydrogen) atoms. The van der Waals surface area contributed by atoms with E-state index in [1.807, 2.05) is 48.7 Å². The van der Waals surface area contributed by atoms with Crippen molar-refractivity contribution in [2.75, 3.05) is 7.11 Å². The maximum absolute atomic E-state index is 5.99. The lowest BCUT2D eigenvalue weighted by Gasteiger charge is -2.13. The molecule has 0 saturated heterocycles. The second-order valence-electron chi connectivity index (χ2n) is 4.97. The Labute approximate surface area is 145 Å². The number of halogens is 1. The summed E-state index contributed by atoms with van der Waals surface area (Å²) in [6.45, 7) is 0.383. The van der Waals surface area contributed by atoms with Gasteiger partial charge in [-0.05, 0) is 18.2 Å². The fraction of sp³-hybridized carbons (Fsp3) is 0.111. The first-order valence-corrected chi connectivity index (χ1v) is 7.72. The van der Waals surface area contributed by atoms with Crippen LogP contribution < -0.4 is 4.74 Å². The number of ether oxygens (including phenoxy) is 1. The van der Waals surface area contributed by atoms with Crippen molar-refractivity contribution < 1.29 is 9.57 Å². The molecule has 0 atom stereocenters. The molecule has 0 saturated carbocycles. The molecule has 0 radical (unpaired) electrons. The van der Waals surface area contributed by atoms with Crippen LogP contribution in [0.15, 0.2) is 72.4 Å². The molecule has 3 rings (SSSR count). The van der Waals surface area contributed by atoms with Gasteiger partial charge in [0, 0.05) is 28.5 Å². The van der Waals surface area contributed by atoms with Gasteiger partial charge in [0.05, 0.1) is 0 Å². The highest BCUT2D eigenvalue weighted by Crippen LogP contribution is 2.20. The minimum absolute atomic E-state index is 0.383. The molecule has 2 aromatic carbocycles. The molecular weight excluding hydrogens is 326 g/mol. The molecule has 0 aliphatic rings. The molecule has 122 valence electrons. The molecular formula is C18H16ClN3O2. The van der Waals surface area contributed by atoms with Crippen molar-refractivity contribution in [3.8, 4) is 5.75 Å². The van der Waals surface area contributed by atoms with Gasteiger partial charge in [-0.1, -0.05) is 47.1 Å². The Morgan fingerprint density at radius 1 is 1.21 bits per heavy atom. The first kappa shape index (κ1) is 16.1. The second-order valence-corrected chi connectivity index (χ2v) is 5.41. The lowest BCUT2D eigenvalue weighted by molar-refractivity contribution is 0.212. The summed E-state index contributed by atoms with van der Waals surface area (Å²) in [5, 5.41) is 4.77. The normalized spacial score (nSPS) is 11.3. The Morgan fingerprint density at radius 3 is 2.83 bits per heavy atom. The van der Waals surface area contributed by atoms with E-state index >= 15 is 0 Å². The summed E-state index contributed by atoms with van der Waals surface area (Å²) in [5.41, 5.74) is 1.88. The summed E-state index contributed by atoms with van der Waals surface area (Å²) < 4.78 is 7.65. The molecule has 5 nitrogen and oxygen atoms in total. The third-order valence-corrected chi connectivity index (χ3v) is 3.61. The first-order valence-electron chi connectivity index (χ1n) is 7.34. The van der Waals surface area contributed by atoms with Crippen molar-refractivity contribution >= 4 is 17.4 Å². The predicted octanol–water partition coefficient (Wildman–Crippen LogP) is 3.97. The Kier molecular flexibility index (Phi) is 5.13. The average molecular weight is 342 g/mol. The Hall–Kier alpha value is -2.79. The molecule has 0 unspecified atom stereocenters. The van der Waals surface area contributed by atoms with Crippen LogP contribution in [-0.2, 0) is 11.4 Å². The Morgan fingerprint density at radius 2 is 2.08 bits per heavy atom. The highest BCUT2D eigenvalue weighted by Gasteiger charge is 2.12. The van der Waals surface area contributed by atoms with Gasteiger partial charge in [-0.3, -0.25) is 4.57 Å². The minimum Gasteiger partial charge on any atom is -0.489 e. The van der Waals surface area contributed by atoms with Gasteiger partial charge < -0.3 is 9.57 Å². The van der Waals surface area contributed by atoms with E-state index in [0.717, 1.165) is 11.1 Å². The molecule has 0 spiro atoms. The van der Waals surface area contributed by atoms with Crippen LogP contribution in [0.4, 0.5) is 0 Å². The van der Waals surface area contributed by atoms with Gasteiger partial charge in [-0.15, -0.1) is 0 Å². The molecule has 0 aliphatic carbocycles. The molecule has 3 aromatic rings. The van der Waals surface area contributed by atoms with Crippen molar-refractivity contribution in [1.82, 2.24) is 9.55 Å². The third kappa shape index (κ3) is 3.75. The first-order chi connectivity index (χ1) is 11.8. The minimum atomic E-state index is 0.383. The number of oxime groups is 1. The van der Waals surface area contributed by atoms with Crippen molar-refractivity contribution in [1.29, 1.82) is 0 Å². The van der Waals surface area contributed by atoms with Gasteiger partial charge in [0.1, 0.15) is 25.8 Å². The van der Waals surface area contributed by atoms with Crippen LogP contribution in [0, 0.1) is 0 Å². The van der Waals surface area contributed by atoms with Crippen LogP contribution in [0.3, 0.4) is 0 Å². The summed E-state index contributed by atoms with van der Waals surface area (Å²) in [6, 6.07) is 15.2. The van der Waals surface area contributed by atoms with E-state index in [9.17, 15) is 0 Å². The lowest BCUT2D eigenvalue weighted by Crippen LogP contribution is -2.15. The summed E-state index contributed by atoms with van der Waals surface area (Å²) in [4.78, 5) is 9.06. The lowest BCUT2D eigenvalue weighted by atomic mass is 10.1. The van der Waals surface area contributed by atoms with Gasteiger partial charge >= 0.3 is 0 Å². The quantitative estimate of drug-likeness (QED) is 0.401. The highest BCUT2D eigenvalue weighted by atomic mass is 35.5. The number of nitrogens with zero attached hydrogens (tertiary/aromatic N) is 3. The number of rotatable bonds is 5. The monoisotopic (exact) mass is 341 g/mol. The van der Waals surface area contributed by atoms with Gasteiger partial charge in [0.15, 0.2) is 5.84 Å². The Balaban J connectivity index is 1.88. The molecule has 0 amide bonds. The zero-order valence-electron chi connectivity index (χ0n) is 13.1. The summed E-state index contributed by atoms with van der Waals surface area (Å²) in [7, 11) is 1.52. The zero-order chi connectivity index (χ0) is 16.8. The van der Waals surface area contributed by atoms with Crippen LogP contribution in [0.5, 0.6) is 5.75 Å². The molecule has 1 heterocycles. The fourth-order valence-corrected chi connectivity index (χ4v) is 2.47. The van der Waals surface area contributed by atoms with E-state index in [4.69, 9.17) is 21.2 Å². The van der Waals surface area contributed by atoms with Gasteiger partial charge in [0.25, 0.3) is 0 Å². The van der Waals surface area contributed by atoms with Gasteiger partial charge in [-0.25, -0.2) is 4.98 Å². The topological polar surface area (TPSA) is 48.6 Å². The SMILES string of the molecule is CON=C(c1ccccc1COc1cccc(Cl)c1)n1ccnc1. The second kappa shape index (κ2) is 7.66. The van der Waals surface area contributed by atoms with E-state index in [0.29, 0.717) is 23.2 Å². The molecule has 0 aliphatic heterocycles. The van der Waals surface area contributed by atoms with Crippen LogP contribution in [0.25, 0.3) is 0 Å². The highest BCUT2D eigenvalue weighted by molar-refractivity contribution is 6.30. The number of benzene rings is 2. The number of aromatic nitrogens is 2. The summed E-state index contributed by atoms with van der Waals surface area (Å²) in [5.74, 6) is 1.35. The van der Waals surface area contributed by atoms with Crippen LogP contribution in [0.2, 0.25) is 5.02 Å². The van der Waals surface area contributed by atoms with Gasteiger partial charge in [0.2, 0.25) is 0 Å². The van der Waals surface area contributed by atoms with E-state index in [2.05, 4.69) is 10.1 Å². The van der Waals surface area contributed by atoms with Crippen molar-refractivity contribution in [2.45, 2.75) is 6.61 Å². The van der Waals surface area contributed by atoms with Crippen molar-refractivity contribution in [3.05, 3.63) is 83.4 Å². The number of hydrogen-bond donors (Lipinski definition) is 0. The molecule has 0 N–H and O–H groups in total. The maximum atomic E-state index is 5.99.